The molecule has 1 aliphatic rings. The Balaban J connectivity index is 2.23. The third kappa shape index (κ3) is 3.21. The lowest BCUT2D eigenvalue weighted by molar-refractivity contribution is 0.0964. The molecule has 1 fully saturated rings. The Labute approximate surface area is 119 Å². The van der Waals surface area contributed by atoms with Crippen molar-refractivity contribution in [3.8, 4) is 5.88 Å². The second-order valence-electron chi connectivity index (χ2n) is 5.95. The van der Waals surface area contributed by atoms with Gasteiger partial charge in [0, 0.05) is 6.20 Å². The maximum absolute atomic E-state index is 8.91. The average molecular weight is 277 g/mol. The predicted octanol–water partition coefficient (Wildman–Crippen LogP) is 2.69. The van der Waals surface area contributed by atoms with E-state index in [1.807, 2.05) is 13.0 Å². The van der Waals surface area contributed by atoms with Crippen LogP contribution in [0.15, 0.2) is 17.4 Å². The van der Waals surface area contributed by atoms with E-state index in [-0.39, 0.29) is 11.9 Å². The van der Waals surface area contributed by atoms with Crippen molar-refractivity contribution in [3.63, 3.8) is 0 Å². The summed E-state index contributed by atoms with van der Waals surface area (Å²) in [6, 6.07) is 1.83. The molecule has 0 spiro atoms. The third-order valence-electron chi connectivity index (χ3n) is 3.90. The van der Waals surface area contributed by atoms with E-state index < -0.39 is 0 Å². The summed E-state index contributed by atoms with van der Waals surface area (Å²) >= 11 is 0. The molecular weight excluding hydrogens is 254 g/mol. The zero-order chi connectivity index (χ0) is 14.7. The first kappa shape index (κ1) is 14.6. The minimum absolute atomic E-state index is 0.0440. The van der Waals surface area contributed by atoms with E-state index in [9.17, 15) is 0 Å². The number of pyridine rings is 1. The fourth-order valence-corrected chi connectivity index (χ4v) is 3.11. The molecule has 0 aliphatic heterocycles. The molecule has 20 heavy (non-hydrogen) atoms. The summed E-state index contributed by atoms with van der Waals surface area (Å²) in [6.45, 7) is 6.40. The molecule has 110 valence electrons. The number of aryl methyl sites for hydroxylation is 1. The minimum atomic E-state index is 0.0440. The molecule has 2 rings (SSSR count). The largest absolute Gasteiger partial charge is 0.474 e. The first-order valence-electron chi connectivity index (χ1n) is 7.11. The number of amidine groups is 1. The Kier molecular flexibility index (Phi) is 4.47. The highest BCUT2D eigenvalue weighted by molar-refractivity contribution is 6.00. The lowest BCUT2D eigenvalue weighted by atomic mass is 9.82. The number of aromatic nitrogens is 1. The van der Waals surface area contributed by atoms with Gasteiger partial charge < -0.3 is 15.7 Å². The van der Waals surface area contributed by atoms with Gasteiger partial charge in [-0.15, -0.1) is 0 Å². The molecule has 0 aromatic carbocycles. The van der Waals surface area contributed by atoms with Gasteiger partial charge in [-0.25, -0.2) is 4.98 Å². The van der Waals surface area contributed by atoms with Crippen molar-refractivity contribution in [2.24, 2.45) is 22.7 Å². The first-order chi connectivity index (χ1) is 9.51. The normalized spacial score (nSPS) is 27.4. The lowest BCUT2D eigenvalue weighted by Crippen LogP contribution is -2.30. The molecule has 5 nitrogen and oxygen atoms in total. The number of hydrogen-bond donors (Lipinski definition) is 2. The number of nitrogens with two attached hydrogens (primary N) is 1. The zero-order valence-corrected chi connectivity index (χ0v) is 12.3. The molecule has 1 aromatic heterocycles. The van der Waals surface area contributed by atoms with Gasteiger partial charge in [-0.3, -0.25) is 0 Å². The lowest BCUT2D eigenvalue weighted by Gasteiger charge is -2.31. The van der Waals surface area contributed by atoms with Crippen LogP contribution in [-0.2, 0) is 0 Å². The predicted molar refractivity (Wildman–Crippen MR) is 78.1 cm³/mol. The van der Waals surface area contributed by atoms with E-state index in [0.29, 0.717) is 23.3 Å². The van der Waals surface area contributed by atoms with Crippen LogP contribution in [0, 0.1) is 18.8 Å². The van der Waals surface area contributed by atoms with Gasteiger partial charge in [-0.1, -0.05) is 19.0 Å². The van der Waals surface area contributed by atoms with Crippen LogP contribution in [0.25, 0.3) is 0 Å². The molecule has 3 N–H and O–H groups in total. The maximum atomic E-state index is 8.91. The maximum Gasteiger partial charge on any atom is 0.225 e. The fraction of sp³-hybridized carbons (Fsp3) is 0.600. The number of nitrogens with zero attached hydrogens (tertiary/aromatic N) is 2. The number of ether oxygens (including phenoxy) is 1. The Morgan fingerprint density at radius 2 is 2.00 bits per heavy atom. The summed E-state index contributed by atoms with van der Waals surface area (Å²) in [7, 11) is 0. The Morgan fingerprint density at radius 1 is 1.35 bits per heavy atom. The molecule has 5 heteroatoms. The topological polar surface area (TPSA) is 80.7 Å². The van der Waals surface area contributed by atoms with Crippen molar-refractivity contribution < 1.29 is 9.94 Å². The minimum Gasteiger partial charge on any atom is -0.474 e. The van der Waals surface area contributed by atoms with Gasteiger partial charge in [0.15, 0.2) is 5.84 Å². The van der Waals surface area contributed by atoms with Crippen molar-refractivity contribution in [3.05, 3.63) is 23.4 Å². The van der Waals surface area contributed by atoms with Gasteiger partial charge in [-0.05, 0) is 49.7 Å². The Morgan fingerprint density at radius 3 is 2.60 bits per heavy atom. The van der Waals surface area contributed by atoms with E-state index >= 15 is 0 Å². The van der Waals surface area contributed by atoms with Crippen molar-refractivity contribution in [2.75, 3.05) is 0 Å². The standard InChI is InChI=1S/C15H23N3O2/c1-9-6-10(2)8-12(7-9)20-15-13(14(16)18-19)11(3)4-5-17-15/h4-5,9-10,12,19H,6-8H2,1-3H3,(H2,16,18). The summed E-state index contributed by atoms with van der Waals surface area (Å²) in [5, 5.41) is 12.0. The van der Waals surface area contributed by atoms with Gasteiger partial charge in [0.05, 0.1) is 5.56 Å². The van der Waals surface area contributed by atoms with Crippen LogP contribution in [0.5, 0.6) is 5.88 Å². The second kappa shape index (κ2) is 6.11. The highest BCUT2D eigenvalue weighted by atomic mass is 16.5. The summed E-state index contributed by atoms with van der Waals surface area (Å²) in [4.78, 5) is 4.26. The number of hydrogen-bond acceptors (Lipinski definition) is 4. The van der Waals surface area contributed by atoms with E-state index in [4.69, 9.17) is 15.7 Å². The van der Waals surface area contributed by atoms with Gasteiger partial charge >= 0.3 is 0 Å². The quantitative estimate of drug-likeness (QED) is 0.385. The van der Waals surface area contributed by atoms with Crippen molar-refractivity contribution >= 4 is 5.84 Å². The first-order valence-corrected chi connectivity index (χ1v) is 7.11. The van der Waals surface area contributed by atoms with E-state index in [1.165, 1.54) is 6.42 Å². The molecule has 0 saturated heterocycles. The van der Waals surface area contributed by atoms with Gasteiger partial charge in [-0.2, -0.15) is 0 Å². The van der Waals surface area contributed by atoms with Crippen LogP contribution in [0.4, 0.5) is 0 Å². The Hall–Kier alpha value is -1.78. The summed E-state index contributed by atoms with van der Waals surface area (Å²) in [6.07, 6.45) is 5.13. The monoisotopic (exact) mass is 277 g/mol. The van der Waals surface area contributed by atoms with E-state index in [2.05, 4.69) is 24.0 Å². The van der Waals surface area contributed by atoms with Gasteiger partial charge in [0.1, 0.15) is 6.10 Å². The van der Waals surface area contributed by atoms with Crippen LogP contribution in [0.3, 0.4) is 0 Å². The summed E-state index contributed by atoms with van der Waals surface area (Å²) < 4.78 is 6.05. The molecular formula is C15H23N3O2. The summed E-state index contributed by atoms with van der Waals surface area (Å²) in [5.74, 6) is 1.82. The highest BCUT2D eigenvalue weighted by Crippen LogP contribution is 2.32. The SMILES string of the molecule is Cc1ccnc(OC2CC(C)CC(C)C2)c1/C(N)=N/O. The number of oxime groups is 1. The molecule has 2 atom stereocenters. The third-order valence-corrected chi connectivity index (χ3v) is 3.90. The van der Waals surface area contributed by atoms with Crippen LogP contribution in [0.1, 0.15) is 44.2 Å². The smallest absolute Gasteiger partial charge is 0.225 e. The Bertz CT molecular complexity index is 492. The average Bonchev–Trinajstić information content (AvgIpc) is 2.37. The second-order valence-corrected chi connectivity index (χ2v) is 5.95. The van der Waals surface area contributed by atoms with Crippen LogP contribution < -0.4 is 10.5 Å². The fourth-order valence-electron chi connectivity index (χ4n) is 3.11. The summed E-state index contributed by atoms with van der Waals surface area (Å²) in [5.41, 5.74) is 7.21. The van der Waals surface area contributed by atoms with Crippen LogP contribution in [-0.4, -0.2) is 22.1 Å². The van der Waals surface area contributed by atoms with E-state index in [1.54, 1.807) is 6.20 Å². The van der Waals surface area contributed by atoms with Gasteiger partial charge in [0.2, 0.25) is 5.88 Å². The van der Waals surface area contributed by atoms with Crippen LogP contribution >= 0.6 is 0 Å². The van der Waals surface area contributed by atoms with Crippen molar-refractivity contribution in [1.29, 1.82) is 0 Å². The van der Waals surface area contributed by atoms with Crippen molar-refractivity contribution in [1.82, 2.24) is 4.98 Å². The zero-order valence-electron chi connectivity index (χ0n) is 12.3. The van der Waals surface area contributed by atoms with Gasteiger partial charge in [0.25, 0.3) is 0 Å². The number of rotatable bonds is 3. The van der Waals surface area contributed by atoms with E-state index in [0.717, 1.165) is 18.4 Å². The molecule has 1 aromatic rings. The molecule has 0 amide bonds. The molecule has 0 radical (unpaired) electrons. The van der Waals surface area contributed by atoms with Crippen molar-refractivity contribution in [2.45, 2.75) is 46.1 Å². The van der Waals surface area contributed by atoms with Crippen LogP contribution in [0.2, 0.25) is 0 Å². The highest BCUT2D eigenvalue weighted by Gasteiger charge is 2.27. The molecule has 2 unspecified atom stereocenters. The molecule has 1 aliphatic carbocycles. The molecule has 1 saturated carbocycles. The molecule has 1 heterocycles. The molecule has 0 bridgehead atoms.